The Bertz CT molecular complexity index is 694. The van der Waals surface area contributed by atoms with E-state index < -0.39 is 11.9 Å². The molecule has 2 rings (SSSR count). The Morgan fingerprint density at radius 3 is 2.57 bits per heavy atom. The van der Waals surface area contributed by atoms with E-state index in [1.807, 2.05) is 0 Å². The summed E-state index contributed by atoms with van der Waals surface area (Å²) in [5.41, 5.74) is 4.41. The topological polar surface area (TPSA) is 61.0 Å². The van der Waals surface area contributed by atoms with Crippen LogP contribution < -0.4 is 10.5 Å². The van der Waals surface area contributed by atoms with Crippen LogP contribution in [0.3, 0.4) is 0 Å². The van der Waals surface area contributed by atoms with Crippen molar-refractivity contribution < 1.29 is 17.9 Å². The van der Waals surface area contributed by atoms with E-state index in [9.17, 15) is 13.2 Å². The number of thiocarbonyl (C=S) groups is 1. The van der Waals surface area contributed by atoms with Crippen molar-refractivity contribution in [3.05, 3.63) is 46.9 Å². The lowest BCUT2D eigenvalue weighted by Crippen LogP contribution is -2.15. The molecule has 2 aromatic heterocycles. The lowest BCUT2D eigenvalue weighted by molar-refractivity contribution is -0.141. The van der Waals surface area contributed by atoms with Crippen LogP contribution in [0.5, 0.6) is 11.6 Å². The molecule has 0 unspecified atom stereocenters. The number of nitrogens with zero attached hydrogens (tertiary/aromatic N) is 2. The summed E-state index contributed by atoms with van der Waals surface area (Å²) in [6.45, 7) is 0. The summed E-state index contributed by atoms with van der Waals surface area (Å²) < 4.78 is 43.3. The second kappa shape index (κ2) is 5.82. The fraction of sp³-hybridized carbons (Fsp3) is 0.0833. The maximum Gasteiger partial charge on any atom is 0.433 e. The van der Waals surface area contributed by atoms with Crippen LogP contribution in [0.25, 0.3) is 0 Å². The van der Waals surface area contributed by atoms with Gasteiger partial charge < -0.3 is 10.5 Å². The predicted octanol–water partition coefficient (Wildman–Crippen LogP) is 3.58. The Balaban J connectivity index is 2.46. The number of nitrogens with two attached hydrogens (primary N) is 1. The number of pyridine rings is 2. The molecule has 0 aromatic carbocycles. The van der Waals surface area contributed by atoms with E-state index in [-0.39, 0.29) is 27.2 Å². The largest absolute Gasteiger partial charge is 0.437 e. The third-order valence-electron chi connectivity index (χ3n) is 2.31. The Hall–Kier alpha value is -1.93. The van der Waals surface area contributed by atoms with Gasteiger partial charge in [0.05, 0.1) is 16.8 Å². The summed E-state index contributed by atoms with van der Waals surface area (Å²) in [7, 11) is 0. The first kappa shape index (κ1) is 15.5. The third kappa shape index (κ3) is 3.79. The molecule has 0 saturated heterocycles. The van der Waals surface area contributed by atoms with Crippen LogP contribution >= 0.6 is 23.8 Å². The van der Waals surface area contributed by atoms with Crippen molar-refractivity contribution >= 4 is 28.8 Å². The van der Waals surface area contributed by atoms with Crippen molar-refractivity contribution in [2.45, 2.75) is 6.18 Å². The summed E-state index contributed by atoms with van der Waals surface area (Å²) in [5.74, 6) is -0.242. The third-order valence-corrected chi connectivity index (χ3v) is 2.74. The van der Waals surface area contributed by atoms with Gasteiger partial charge in [-0.3, -0.25) is 4.98 Å². The smallest absolute Gasteiger partial charge is 0.433 e. The fourth-order valence-corrected chi connectivity index (χ4v) is 1.74. The molecule has 0 saturated carbocycles. The van der Waals surface area contributed by atoms with Crippen molar-refractivity contribution in [2.75, 3.05) is 0 Å². The Labute approximate surface area is 127 Å². The van der Waals surface area contributed by atoms with Crippen LogP contribution in [0.15, 0.2) is 30.6 Å². The molecule has 21 heavy (non-hydrogen) atoms. The summed E-state index contributed by atoms with van der Waals surface area (Å²) in [6, 6.07) is 3.25. The summed E-state index contributed by atoms with van der Waals surface area (Å²) in [5, 5.41) is 0.261. The predicted molar refractivity (Wildman–Crippen MR) is 74.4 cm³/mol. The number of alkyl halides is 3. The van der Waals surface area contributed by atoms with Gasteiger partial charge in [-0.15, -0.1) is 0 Å². The monoisotopic (exact) mass is 333 g/mol. The molecule has 9 heteroatoms. The number of rotatable bonds is 3. The van der Waals surface area contributed by atoms with Crippen molar-refractivity contribution in [2.24, 2.45) is 5.73 Å². The molecule has 110 valence electrons. The molecule has 0 aliphatic rings. The zero-order valence-corrected chi connectivity index (χ0v) is 11.8. The Morgan fingerprint density at radius 1 is 1.29 bits per heavy atom. The van der Waals surface area contributed by atoms with Crippen LogP contribution in [0.4, 0.5) is 13.2 Å². The second-order valence-electron chi connectivity index (χ2n) is 3.85. The normalized spacial score (nSPS) is 11.2. The van der Waals surface area contributed by atoms with Crippen molar-refractivity contribution in [3.63, 3.8) is 0 Å². The highest BCUT2D eigenvalue weighted by Crippen LogP contribution is 2.32. The minimum Gasteiger partial charge on any atom is -0.437 e. The molecule has 0 fully saturated rings. The van der Waals surface area contributed by atoms with E-state index in [4.69, 9.17) is 34.3 Å². The molecular weight excluding hydrogens is 327 g/mol. The van der Waals surface area contributed by atoms with Gasteiger partial charge in [-0.25, -0.2) is 4.98 Å². The summed E-state index contributed by atoms with van der Waals surface area (Å²) >= 11 is 10.5. The van der Waals surface area contributed by atoms with Gasteiger partial charge in [0.2, 0.25) is 5.88 Å². The maximum atomic E-state index is 12.7. The van der Waals surface area contributed by atoms with Crippen LogP contribution in [0, 0.1) is 0 Å². The molecule has 0 aliphatic heterocycles. The average molecular weight is 334 g/mol. The number of halogens is 4. The van der Waals surface area contributed by atoms with Crippen molar-refractivity contribution in [3.8, 4) is 11.6 Å². The lowest BCUT2D eigenvalue weighted by Gasteiger charge is -2.12. The number of aromatic nitrogens is 2. The Kier molecular flexibility index (Phi) is 4.29. The van der Waals surface area contributed by atoms with Crippen molar-refractivity contribution in [1.82, 2.24) is 9.97 Å². The Morgan fingerprint density at radius 2 is 2.00 bits per heavy atom. The van der Waals surface area contributed by atoms with E-state index in [0.29, 0.717) is 0 Å². The van der Waals surface area contributed by atoms with E-state index in [1.165, 1.54) is 18.5 Å². The fourth-order valence-electron chi connectivity index (χ4n) is 1.42. The molecule has 2 N–H and O–H groups in total. The van der Waals surface area contributed by atoms with E-state index in [2.05, 4.69) is 9.97 Å². The molecule has 0 bridgehead atoms. The van der Waals surface area contributed by atoms with E-state index >= 15 is 0 Å². The van der Waals surface area contributed by atoms with Crippen LogP contribution in [0.1, 0.15) is 11.3 Å². The molecule has 2 aromatic rings. The first-order valence-electron chi connectivity index (χ1n) is 5.44. The molecular formula is C12H7ClF3N3OS. The number of hydrogen-bond acceptors (Lipinski definition) is 4. The quantitative estimate of drug-likeness (QED) is 0.870. The molecule has 0 atom stereocenters. The number of ether oxygens (including phenoxy) is 1. The number of hydrogen-bond donors (Lipinski definition) is 1. The second-order valence-corrected chi connectivity index (χ2v) is 4.73. The van der Waals surface area contributed by atoms with Gasteiger partial charge >= 0.3 is 6.18 Å². The molecule has 4 nitrogen and oxygen atoms in total. The average Bonchev–Trinajstić information content (AvgIpc) is 2.37. The molecule has 0 spiro atoms. The van der Waals surface area contributed by atoms with Gasteiger partial charge in [0.1, 0.15) is 16.4 Å². The molecule has 0 aliphatic carbocycles. The zero-order chi connectivity index (χ0) is 15.6. The summed E-state index contributed by atoms with van der Waals surface area (Å²) in [6.07, 6.45) is -1.99. The van der Waals surface area contributed by atoms with Crippen molar-refractivity contribution in [1.29, 1.82) is 0 Å². The molecule has 0 radical (unpaired) electrons. The molecule has 0 amide bonds. The van der Waals surface area contributed by atoms with Gasteiger partial charge in [-0.05, 0) is 12.1 Å². The van der Waals surface area contributed by atoms with Gasteiger partial charge in [0, 0.05) is 12.3 Å². The standard InChI is InChI=1S/C12H7ClF3N3OS/c13-6-3-7(5-18-4-6)20-11-8(10(17)21)1-2-9(19-11)12(14,15)16/h1-5H,(H2,17,21). The first-order valence-corrected chi connectivity index (χ1v) is 6.22. The van der Waals surface area contributed by atoms with Crippen LogP contribution in [-0.4, -0.2) is 15.0 Å². The highest BCUT2D eigenvalue weighted by atomic mass is 35.5. The van der Waals surface area contributed by atoms with Gasteiger partial charge in [-0.1, -0.05) is 23.8 Å². The van der Waals surface area contributed by atoms with Gasteiger partial charge in [0.15, 0.2) is 0 Å². The SMILES string of the molecule is NC(=S)c1ccc(C(F)(F)F)nc1Oc1cncc(Cl)c1. The molecule has 2 heterocycles. The van der Waals surface area contributed by atoms with Gasteiger partial charge in [-0.2, -0.15) is 13.2 Å². The lowest BCUT2D eigenvalue weighted by atomic mass is 10.2. The highest BCUT2D eigenvalue weighted by Gasteiger charge is 2.33. The van der Waals surface area contributed by atoms with Crippen LogP contribution in [-0.2, 0) is 6.18 Å². The zero-order valence-electron chi connectivity index (χ0n) is 10.2. The first-order chi connectivity index (χ1) is 9.77. The van der Waals surface area contributed by atoms with Crippen LogP contribution in [0.2, 0.25) is 5.02 Å². The van der Waals surface area contributed by atoms with Gasteiger partial charge in [0.25, 0.3) is 0 Å². The minimum absolute atomic E-state index is 0.0815. The van der Waals surface area contributed by atoms with E-state index in [1.54, 1.807) is 0 Å². The maximum absolute atomic E-state index is 12.7. The summed E-state index contributed by atoms with van der Waals surface area (Å²) in [4.78, 5) is 7.02. The minimum atomic E-state index is -4.61. The highest BCUT2D eigenvalue weighted by molar-refractivity contribution is 7.80. The van der Waals surface area contributed by atoms with E-state index in [0.717, 1.165) is 12.1 Å².